The first kappa shape index (κ1) is 23.6. The van der Waals surface area contributed by atoms with E-state index in [0.29, 0.717) is 40.4 Å². The smallest absolute Gasteiger partial charge is 0.412 e. The summed E-state index contributed by atoms with van der Waals surface area (Å²) in [6.07, 6.45) is 4.24. The third-order valence-electron chi connectivity index (χ3n) is 6.24. The van der Waals surface area contributed by atoms with Gasteiger partial charge in [0, 0.05) is 24.3 Å². The number of aromatic nitrogens is 3. The van der Waals surface area contributed by atoms with E-state index < -0.39 is 17.7 Å². The molecule has 1 fully saturated rings. The summed E-state index contributed by atoms with van der Waals surface area (Å²) >= 11 is 0. The molecule has 4 aromatic rings. The maximum Gasteiger partial charge on any atom is 0.412 e. The number of rotatable bonds is 5. The summed E-state index contributed by atoms with van der Waals surface area (Å²) < 4.78 is 28.8. The normalized spacial score (nSPS) is 17.6. The van der Waals surface area contributed by atoms with Crippen molar-refractivity contribution in [2.45, 2.75) is 19.4 Å². The van der Waals surface area contributed by atoms with Crippen LogP contribution in [-0.2, 0) is 0 Å². The third kappa shape index (κ3) is 4.55. The molecule has 184 valence electrons. The number of nitrogens with zero attached hydrogens (tertiary/aromatic N) is 4. The number of piperidine rings is 1. The van der Waals surface area contributed by atoms with Gasteiger partial charge in [0.05, 0.1) is 40.4 Å². The van der Waals surface area contributed by atoms with Crippen LogP contribution in [0.2, 0.25) is 0 Å². The van der Waals surface area contributed by atoms with Crippen LogP contribution >= 0.6 is 0 Å². The second-order valence-corrected chi connectivity index (χ2v) is 8.86. The van der Waals surface area contributed by atoms with Gasteiger partial charge >= 0.3 is 6.09 Å². The van der Waals surface area contributed by atoms with Gasteiger partial charge < -0.3 is 15.7 Å². The van der Waals surface area contributed by atoms with Crippen LogP contribution in [0.15, 0.2) is 61.1 Å². The third-order valence-corrected chi connectivity index (χ3v) is 6.24. The zero-order chi connectivity index (χ0) is 25.2. The zero-order valence-corrected chi connectivity index (χ0v) is 19.4. The average molecular weight is 491 g/mol. The number of anilines is 3. The Morgan fingerprint density at radius 3 is 2.61 bits per heavy atom. The van der Waals surface area contributed by atoms with Gasteiger partial charge in [-0.1, -0.05) is 25.1 Å². The van der Waals surface area contributed by atoms with Gasteiger partial charge in [0.25, 0.3) is 0 Å². The molecule has 10 heteroatoms. The molecule has 0 saturated carbocycles. The van der Waals surface area contributed by atoms with E-state index in [4.69, 9.17) is 0 Å². The van der Waals surface area contributed by atoms with Crippen LogP contribution < -0.4 is 15.5 Å². The average Bonchev–Trinajstić information content (AvgIpc) is 2.85. The molecule has 2 atom stereocenters. The van der Waals surface area contributed by atoms with E-state index in [1.54, 1.807) is 36.7 Å². The first-order chi connectivity index (χ1) is 17.4. The fourth-order valence-electron chi connectivity index (χ4n) is 4.61. The maximum absolute atomic E-state index is 14.4. The number of hydrogen-bond donors (Lipinski definition) is 3. The molecule has 1 aliphatic rings. The van der Waals surface area contributed by atoms with E-state index in [0.717, 1.165) is 25.1 Å². The van der Waals surface area contributed by atoms with Gasteiger partial charge in [-0.3, -0.25) is 9.88 Å². The number of carbonyl (C=O) groups is 1. The Labute approximate surface area is 206 Å². The number of amides is 1. The Morgan fingerprint density at radius 1 is 1.08 bits per heavy atom. The Morgan fingerprint density at radius 2 is 1.86 bits per heavy atom. The van der Waals surface area contributed by atoms with Gasteiger partial charge in [-0.25, -0.2) is 23.5 Å². The lowest BCUT2D eigenvalue weighted by Crippen LogP contribution is -2.51. The predicted octanol–water partition coefficient (Wildman–Crippen LogP) is 5.20. The van der Waals surface area contributed by atoms with Crippen LogP contribution in [0, 0.1) is 17.6 Å². The summed E-state index contributed by atoms with van der Waals surface area (Å²) in [6, 6.07) is 10.3. The Bertz CT molecular complexity index is 1410. The van der Waals surface area contributed by atoms with E-state index in [1.165, 1.54) is 17.2 Å². The highest BCUT2D eigenvalue weighted by atomic mass is 19.1. The van der Waals surface area contributed by atoms with Crippen molar-refractivity contribution in [1.29, 1.82) is 0 Å². The van der Waals surface area contributed by atoms with E-state index in [2.05, 4.69) is 32.5 Å². The van der Waals surface area contributed by atoms with Crippen LogP contribution in [-0.4, -0.2) is 45.3 Å². The maximum atomic E-state index is 14.4. The molecule has 0 aliphatic carbocycles. The number of benzene rings is 2. The lowest BCUT2D eigenvalue weighted by atomic mass is 9.96. The number of pyridine rings is 1. The highest BCUT2D eigenvalue weighted by Gasteiger charge is 2.31. The number of fused-ring (bicyclic) bond motifs is 1. The predicted molar refractivity (Wildman–Crippen MR) is 133 cm³/mol. The fraction of sp³-hybridized carbons (Fsp3) is 0.231. The van der Waals surface area contributed by atoms with Gasteiger partial charge in [-0.2, -0.15) is 0 Å². The molecule has 3 heterocycles. The molecule has 0 unspecified atom stereocenters. The summed E-state index contributed by atoms with van der Waals surface area (Å²) in [6.45, 7) is 3.46. The van der Waals surface area contributed by atoms with E-state index in [9.17, 15) is 18.7 Å². The number of hydrogen-bond acceptors (Lipinski definition) is 6. The fourth-order valence-corrected chi connectivity index (χ4v) is 4.61. The minimum absolute atomic E-state index is 0.0896. The monoisotopic (exact) mass is 490 g/mol. The van der Waals surface area contributed by atoms with Crippen molar-refractivity contribution >= 4 is 34.1 Å². The Kier molecular flexibility index (Phi) is 6.43. The topological polar surface area (TPSA) is 103 Å². The molecule has 0 bridgehead atoms. The van der Waals surface area contributed by atoms with Crippen molar-refractivity contribution in [3.05, 3.63) is 72.7 Å². The largest absolute Gasteiger partial charge is 0.465 e. The lowest BCUT2D eigenvalue weighted by molar-refractivity contribution is 0.195. The van der Waals surface area contributed by atoms with E-state index in [-0.39, 0.29) is 17.4 Å². The van der Waals surface area contributed by atoms with Crippen molar-refractivity contribution in [2.75, 3.05) is 23.3 Å². The van der Waals surface area contributed by atoms with Crippen molar-refractivity contribution in [3.8, 4) is 11.4 Å². The van der Waals surface area contributed by atoms with Gasteiger partial charge in [0.15, 0.2) is 5.82 Å². The van der Waals surface area contributed by atoms with Crippen LogP contribution in [0.5, 0.6) is 0 Å². The Balaban J connectivity index is 1.56. The standard InChI is InChI=1S/C26H24F2N6O2/c1-15-10-17(13-30-11-15)34(26(35)36)22-8-9-29-14-21(22)32-20-7-2-4-16-12-31-25(33-24(16)20)23-18(27)5-3-6-19(23)28/h2-9,12,14-15,17,30,32H,10-11,13H2,1H3,(H,35,36)/t15-,17+/m1/s1. The van der Waals surface area contributed by atoms with Crippen molar-refractivity contribution < 1.29 is 18.7 Å². The Hall–Kier alpha value is -4.18. The number of para-hydroxylation sites is 1. The van der Waals surface area contributed by atoms with Gasteiger partial charge in [0.1, 0.15) is 11.6 Å². The summed E-state index contributed by atoms with van der Waals surface area (Å²) in [7, 11) is 0. The van der Waals surface area contributed by atoms with Crippen molar-refractivity contribution in [1.82, 2.24) is 20.3 Å². The molecule has 2 aromatic carbocycles. The number of halogens is 2. The first-order valence-electron chi connectivity index (χ1n) is 11.6. The van der Waals surface area contributed by atoms with Crippen LogP contribution in [0.3, 0.4) is 0 Å². The second-order valence-electron chi connectivity index (χ2n) is 8.86. The van der Waals surface area contributed by atoms with Crippen LogP contribution in [0.25, 0.3) is 22.3 Å². The molecular weight excluding hydrogens is 466 g/mol. The number of nitrogens with one attached hydrogen (secondary N) is 2. The summed E-state index contributed by atoms with van der Waals surface area (Å²) in [4.78, 5) is 26.5. The van der Waals surface area contributed by atoms with Crippen LogP contribution in [0.4, 0.5) is 30.6 Å². The molecule has 1 amide bonds. The zero-order valence-electron chi connectivity index (χ0n) is 19.4. The molecule has 1 saturated heterocycles. The molecule has 36 heavy (non-hydrogen) atoms. The minimum atomic E-state index is -1.07. The molecule has 0 radical (unpaired) electrons. The molecule has 8 nitrogen and oxygen atoms in total. The molecule has 5 rings (SSSR count). The van der Waals surface area contributed by atoms with Gasteiger partial charge in [-0.15, -0.1) is 0 Å². The number of carboxylic acid groups (broad SMARTS) is 1. The lowest BCUT2D eigenvalue weighted by Gasteiger charge is -2.36. The highest BCUT2D eigenvalue weighted by Crippen LogP contribution is 2.34. The SMILES string of the molecule is C[C@H]1CNC[C@@H](N(C(=O)O)c2ccncc2Nc2cccc3cnc(-c4c(F)cccc4F)nc23)C1. The highest BCUT2D eigenvalue weighted by molar-refractivity contribution is 5.96. The summed E-state index contributed by atoms with van der Waals surface area (Å²) in [5, 5.41) is 17.3. The summed E-state index contributed by atoms with van der Waals surface area (Å²) in [5.74, 6) is -1.28. The van der Waals surface area contributed by atoms with E-state index >= 15 is 0 Å². The summed E-state index contributed by atoms with van der Waals surface area (Å²) in [5.41, 5.74) is 1.54. The van der Waals surface area contributed by atoms with Crippen molar-refractivity contribution in [2.24, 2.45) is 5.92 Å². The molecule has 1 aliphatic heterocycles. The second kappa shape index (κ2) is 9.82. The van der Waals surface area contributed by atoms with Crippen LogP contribution in [0.1, 0.15) is 13.3 Å². The van der Waals surface area contributed by atoms with Gasteiger partial charge in [-0.05, 0) is 43.1 Å². The first-order valence-corrected chi connectivity index (χ1v) is 11.6. The molecule has 2 aromatic heterocycles. The van der Waals surface area contributed by atoms with Gasteiger partial charge in [0.2, 0.25) is 0 Å². The minimum Gasteiger partial charge on any atom is -0.465 e. The quantitative estimate of drug-likeness (QED) is 0.353. The van der Waals surface area contributed by atoms with E-state index in [1.807, 2.05) is 0 Å². The molecular formula is C26H24F2N6O2. The molecule has 3 N–H and O–H groups in total. The molecule has 0 spiro atoms. The van der Waals surface area contributed by atoms with Crippen molar-refractivity contribution in [3.63, 3.8) is 0 Å².